The summed E-state index contributed by atoms with van der Waals surface area (Å²) in [6.07, 6.45) is 1.50. The van der Waals surface area contributed by atoms with Crippen molar-refractivity contribution >= 4 is 5.95 Å². The Morgan fingerprint density at radius 3 is 2.50 bits per heavy atom. The van der Waals surface area contributed by atoms with Crippen molar-refractivity contribution in [3.63, 3.8) is 0 Å². The van der Waals surface area contributed by atoms with Crippen LogP contribution in [0.5, 0.6) is 0 Å². The van der Waals surface area contributed by atoms with Gasteiger partial charge in [-0.15, -0.1) is 0 Å². The standard InChI is InChI=1S/C9H18N4O/c1-9(2,3)5-6(10)4-7-12-8(11)13-14-7/h6H,4-5,10H2,1-3H3,(H2,11,13). The molecule has 0 radical (unpaired) electrons. The van der Waals surface area contributed by atoms with Gasteiger partial charge in [0.05, 0.1) is 0 Å². The van der Waals surface area contributed by atoms with E-state index >= 15 is 0 Å². The summed E-state index contributed by atoms with van der Waals surface area (Å²) in [5, 5.41) is 3.50. The van der Waals surface area contributed by atoms with Crippen LogP contribution in [-0.4, -0.2) is 16.2 Å². The normalized spacial score (nSPS) is 14.3. The second-order valence-electron chi connectivity index (χ2n) is 4.78. The van der Waals surface area contributed by atoms with Crippen molar-refractivity contribution in [2.45, 2.75) is 39.7 Å². The molecule has 0 aromatic carbocycles. The minimum atomic E-state index is 0.0369. The highest BCUT2D eigenvalue weighted by atomic mass is 16.5. The molecule has 5 heteroatoms. The third kappa shape index (κ3) is 3.74. The summed E-state index contributed by atoms with van der Waals surface area (Å²) in [5.41, 5.74) is 11.5. The Hall–Kier alpha value is -1.10. The highest BCUT2D eigenvalue weighted by molar-refractivity contribution is 5.10. The van der Waals surface area contributed by atoms with Crippen molar-refractivity contribution in [1.82, 2.24) is 10.1 Å². The molecule has 0 bridgehead atoms. The van der Waals surface area contributed by atoms with Crippen molar-refractivity contribution in [3.05, 3.63) is 5.89 Å². The molecule has 1 atom stereocenters. The van der Waals surface area contributed by atoms with Crippen LogP contribution in [-0.2, 0) is 6.42 Å². The first-order chi connectivity index (χ1) is 6.37. The lowest BCUT2D eigenvalue weighted by molar-refractivity contribution is 0.313. The Morgan fingerprint density at radius 1 is 1.43 bits per heavy atom. The highest BCUT2D eigenvalue weighted by Gasteiger charge is 2.17. The number of nitrogen functional groups attached to an aromatic ring is 1. The molecule has 14 heavy (non-hydrogen) atoms. The number of nitrogens with zero attached hydrogens (tertiary/aromatic N) is 2. The van der Waals surface area contributed by atoms with E-state index in [4.69, 9.17) is 16.0 Å². The molecule has 4 N–H and O–H groups in total. The van der Waals surface area contributed by atoms with Gasteiger partial charge in [0.1, 0.15) is 0 Å². The molecule has 0 spiro atoms. The zero-order valence-corrected chi connectivity index (χ0v) is 8.95. The SMILES string of the molecule is CC(C)(C)CC(N)Cc1nc(N)no1. The molecule has 80 valence electrons. The van der Waals surface area contributed by atoms with Gasteiger partial charge in [-0.05, 0) is 17.0 Å². The first-order valence-corrected chi connectivity index (χ1v) is 4.70. The molecule has 1 unspecified atom stereocenters. The predicted molar refractivity (Wildman–Crippen MR) is 54.5 cm³/mol. The van der Waals surface area contributed by atoms with Gasteiger partial charge in [0, 0.05) is 12.5 Å². The van der Waals surface area contributed by atoms with Gasteiger partial charge >= 0.3 is 0 Å². The number of aromatic nitrogens is 2. The van der Waals surface area contributed by atoms with Gasteiger partial charge in [-0.3, -0.25) is 0 Å². The van der Waals surface area contributed by atoms with E-state index in [-0.39, 0.29) is 17.4 Å². The molecule has 0 aliphatic rings. The summed E-state index contributed by atoms with van der Waals surface area (Å²) in [6.45, 7) is 6.44. The quantitative estimate of drug-likeness (QED) is 0.754. The lowest BCUT2D eigenvalue weighted by atomic mass is 9.87. The monoisotopic (exact) mass is 198 g/mol. The largest absolute Gasteiger partial charge is 0.365 e. The summed E-state index contributed by atoms with van der Waals surface area (Å²) < 4.78 is 4.88. The van der Waals surface area contributed by atoms with Gasteiger partial charge in [-0.1, -0.05) is 20.8 Å². The third-order valence-electron chi connectivity index (χ3n) is 1.80. The maximum absolute atomic E-state index is 5.93. The maximum atomic E-state index is 5.93. The van der Waals surface area contributed by atoms with Crippen LogP contribution in [0.25, 0.3) is 0 Å². The van der Waals surface area contributed by atoms with Crippen LogP contribution in [0.1, 0.15) is 33.1 Å². The van der Waals surface area contributed by atoms with E-state index in [1.165, 1.54) is 0 Å². The Balaban J connectivity index is 2.45. The van der Waals surface area contributed by atoms with Crippen LogP contribution in [0.4, 0.5) is 5.95 Å². The lowest BCUT2D eigenvalue weighted by Crippen LogP contribution is -2.28. The first-order valence-electron chi connectivity index (χ1n) is 4.70. The number of nitrogens with two attached hydrogens (primary N) is 2. The molecule has 5 nitrogen and oxygen atoms in total. The third-order valence-corrected chi connectivity index (χ3v) is 1.80. The fraction of sp³-hybridized carbons (Fsp3) is 0.778. The molecule has 0 saturated carbocycles. The van der Waals surface area contributed by atoms with Gasteiger partial charge in [0.25, 0.3) is 5.95 Å². The second kappa shape index (κ2) is 3.96. The summed E-state index contributed by atoms with van der Waals surface area (Å²) in [4.78, 5) is 3.90. The van der Waals surface area contributed by atoms with Crippen LogP contribution in [0.3, 0.4) is 0 Å². The van der Waals surface area contributed by atoms with E-state index in [1.54, 1.807) is 0 Å². The molecule has 0 amide bonds. The van der Waals surface area contributed by atoms with Crippen molar-refractivity contribution in [3.8, 4) is 0 Å². The number of hydrogen-bond donors (Lipinski definition) is 2. The molecule has 0 aliphatic heterocycles. The van der Waals surface area contributed by atoms with Crippen LogP contribution in [0.15, 0.2) is 4.52 Å². The number of anilines is 1. The molecule has 0 fully saturated rings. The van der Waals surface area contributed by atoms with Crippen LogP contribution in [0, 0.1) is 5.41 Å². The minimum absolute atomic E-state index is 0.0369. The summed E-state index contributed by atoms with van der Waals surface area (Å²) in [6, 6.07) is 0.0369. The topological polar surface area (TPSA) is 91.0 Å². The van der Waals surface area contributed by atoms with Crippen LogP contribution in [0.2, 0.25) is 0 Å². The Bertz CT molecular complexity index is 289. The fourth-order valence-corrected chi connectivity index (χ4v) is 1.43. The van der Waals surface area contributed by atoms with Crippen molar-refractivity contribution < 1.29 is 4.52 Å². The molecule has 1 aromatic rings. The molecular weight excluding hydrogens is 180 g/mol. The van der Waals surface area contributed by atoms with E-state index in [1.807, 2.05) is 0 Å². The first kappa shape index (κ1) is 11.0. The molecule has 1 heterocycles. The predicted octanol–water partition coefficient (Wildman–Crippen LogP) is 0.958. The van der Waals surface area contributed by atoms with E-state index < -0.39 is 0 Å². The maximum Gasteiger partial charge on any atom is 0.260 e. The number of rotatable bonds is 3. The Kier molecular flexibility index (Phi) is 3.10. The highest BCUT2D eigenvalue weighted by Crippen LogP contribution is 2.21. The van der Waals surface area contributed by atoms with Crippen LogP contribution < -0.4 is 11.5 Å². The lowest BCUT2D eigenvalue weighted by Gasteiger charge is -2.21. The minimum Gasteiger partial charge on any atom is -0.365 e. The summed E-state index contributed by atoms with van der Waals surface area (Å²) in [5.74, 6) is 0.683. The Morgan fingerprint density at radius 2 is 2.07 bits per heavy atom. The van der Waals surface area contributed by atoms with E-state index in [9.17, 15) is 0 Å². The molecule has 1 aromatic heterocycles. The van der Waals surface area contributed by atoms with Crippen LogP contribution >= 0.6 is 0 Å². The van der Waals surface area contributed by atoms with Crippen molar-refractivity contribution in [2.75, 3.05) is 5.73 Å². The van der Waals surface area contributed by atoms with Gasteiger partial charge < -0.3 is 16.0 Å². The molecule has 0 saturated heterocycles. The average Bonchev–Trinajstić information content (AvgIpc) is 2.30. The van der Waals surface area contributed by atoms with Gasteiger partial charge in [0.2, 0.25) is 5.89 Å². The summed E-state index contributed by atoms with van der Waals surface area (Å²) in [7, 11) is 0. The zero-order chi connectivity index (χ0) is 10.8. The van der Waals surface area contributed by atoms with E-state index in [0.29, 0.717) is 12.3 Å². The average molecular weight is 198 g/mol. The fourth-order valence-electron chi connectivity index (χ4n) is 1.43. The smallest absolute Gasteiger partial charge is 0.260 e. The Labute approximate surface area is 83.9 Å². The summed E-state index contributed by atoms with van der Waals surface area (Å²) >= 11 is 0. The molecular formula is C9H18N4O. The molecule has 0 aliphatic carbocycles. The molecule has 1 rings (SSSR count). The second-order valence-corrected chi connectivity index (χ2v) is 4.78. The van der Waals surface area contributed by atoms with Gasteiger partial charge in [0.15, 0.2) is 0 Å². The van der Waals surface area contributed by atoms with E-state index in [0.717, 1.165) is 6.42 Å². The van der Waals surface area contributed by atoms with Gasteiger partial charge in [-0.25, -0.2) is 0 Å². The van der Waals surface area contributed by atoms with Gasteiger partial charge in [-0.2, -0.15) is 4.98 Å². The van der Waals surface area contributed by atoms with Crippen molar-refractivity contribution in [2.24, 2.45) is 11.1 Å². The number of hydrogen-bond acceptors (Lipinski definition) is 5. The van der Waals surface area contributed by atoms with Crippen molar-refractivity contribution in [1.29, 1.82) is 0 Å². The zero-order valence-electron chi connectivity index (χ0n) is 8.95. The van der Waals surface area contributed by atoms with E-state index in [2.05, 4.69) is 30.9 Å².